The number of likely N-dealkylation sites (N-methyl/N-ethyl adjacent to an activating group) is 1. The summed E-state index contributed by atoms with van der Waals surface area (Å²) in [6.07, 6.45) is 0.357. The quantitative estimate of drug-likeness (QED) is 0.570. The molecule has 3 N–H and O–H groups in total. The number of piperidine rings is 1. The molecule has 1 amide bonds. The highest BCUT2D eigenvalue weighted by Crippen LogP contribution is 2.30. The van der Waals surface area contributed by atoms with E-state index in [1.54, 1.807) is 27.0 Å². The van der Waals surface area contributed by atoms with Crippen molar-refractivity contribution in [3.8, 4) is 17.6 Å². The third kappa shape index (κ3) is 6.18. The molecule has 1 aliphatic rings. The van der Waals surface area contributed by atoms with Crippen LogP contribution in [-0.2, 0) is 4.74 Å². The van der Waals surface area contributed by atoms with E-state index in [1.165, 1.54) is 6.07 Å². The number of nitrogens with two attached hydrogens (primary N) is 1. The van der Waals surface area contributed by atoms with E-state index in [2.05, 4.69) is 22.1 Å². The summed E-state index contributed by atoms with van der Waals surface area (Å²) >= 11 is 6.13. The van der Waals surface area contributed by atoms with Crippen LogP contribution in [0.4, 0.5) is 5.69 Å². The summed E-state index contributed by atoms with van der Waals surface area (Å²) in [5, 5.41) is 3.35. The maximum Gasteiger partial charge on any atom is 0.255 e. The van der Waals surface area contributed by atoms with Crippen LogP contribution >= 0.6 is 24.0 Å². The van der Waals surface area contributed by atoms with Crippen molar-refractivity contribution < 1.29 is 14.3 Å². The molecule has 1 aromatic rings. The van der Waals surface area contributed by atoms with Crippen LogP contribution in [0.2, 0.25) is 5.02 Å². The molecule has 1 aliphatic heterocycles. The Morgan fingerprint density at radius 2 is 2.19 bits per heavy atom. The number of anilines is 1. The lowest BCUT2D eigenvalue weighted by Crippen LogP contribution is -2.53. The molecule has 0 saturated carbocycles. The van der Waals surface area contributed by atoms with E-state index < -0.39 is 0 Å². The van der Waals surface area contributed by atoms with Gasteiger partial charge in [0.05, 0.1) is 28.4 Å². The van der Waals surface area contributed by atoms with E-state index in [0.29, 0.717) is 22.0 Å². The van der Waals surface area contributed by atoms with Crippen molar-refractivity contribution >= 4 is 35.6 Å². The Bertz CT molecular complexity index is 718. The Balaban J connectivity index is 0.00000364. The first-order valence-electron chi connectivity index (χ1n) is 8.55. The van der Waals surface area contributed by atoms with E-state index >= 15 is 0 Å². The summed E-state index contributed by atoms with van der Waals surface area (Å²) in [6, 6.07) is 3.01. The summed E-state index contributed by atoms with van der Waals surface area (Å²) in [6.45, 7) is 5.19. The van der Waals surface area contributed by atoms with Gasteiger partial charge in [0.15, 0.2) is 6.10 Å². The molecule has 8 heteroatoms. The monoisotopic (exact) mass is 415 g/mol. The first kappa shape index (κ1) is 23.4. The molecule has 27 heavy (non-hydrogen) atoms. The second kappa shape index (κ2) is 10.6. The van der Waals surface area contributed by atoms with Gasteiger partial charge < -0.3 is 25.4 Å². The van der Waals surface area contributed by atoms with Gasteiger partial charge in [0.2, 0.25) is 0 Å². The molecule has 150 valence electrons. The lowest BCUT2D eigenvalue weighted by molar-refractivity contribution is 0.0141. The fourth-order valence-electron chi connectivity index (χ4n) is 2.99. The van der Waals surface area contributed by atoms with Gasteiger partial charge in [-0.2, -0.15) is 0 Å². The van der Waals surface area contributed by atoms with Gasteiger partial charge in [-0.3, -0.25) is 4.79 Å². The Hall–Kier alpha value is -1.65. The number of amides is 1. The summed E-state index contributed by atoms with van der Waals surface area (Å²) in [4.78, 5) is 15.1. The Kier molecular flexibility index (Phi) is 9.20. The fraction of sp³-hybridized carbons (Fsp3) is 0.526. The molecule has 3 atom stereocenters. The van der Waals surface area contributed by atoms with Crippen LogP contribution < -0.4 is 15.8 Å². The number of likely N-dealkylation sites (tertiary alicyclic amines) is 1. The van der Waals surface area contributed by atoms with Gasteiger partial charge in [0.1, 0.15) is 5.75 Å². The molecule has 0 aliphatic carbocycles. The predicted octanol–water partition coefficient (Wildman–Crippen LogP) is 2.58. The number of hydrogen-bond donors (Lipinski definition) is 2. The number of benzene rings is 1. The van der Waals surface area contributed by atoms with Crippen molar-refractivity contribution in [1.29, 1.82) is 0 Å². The Labute approximate surface area is 172 Å². The molecule has 0 aromatic heterocycles. The fourth-order valence-corrected chi connectivity index (χ4v) is 3.15. The third-order valence-electron chi connectivity index (χ3n) is 4.38. The molecule has 2 rings (SSSR count). The van der Waals surface area contributed by atoms with Crippen molar-refractivity contribution in [2.24, 2.45) is 0 Å². The van der Waals surface area contributed by atoms with Gasteiger partial charge in [-0.15, -0.1) is 18.3 Å². The van der Waals surface area contributed by atoms with Gasteiger partial charge in [-0.1, -0.05) is 17.5 Å². The standard InChI is InChI=1S/C19H26ClN3O3.ClH/c1-5-6-12(2)26-17-10-15(21)14(20)9-13(17)19(24)22-16-7-8-23(3)11-18(16)25-4;/h9-10,12,16,18H,7-8,11,21H2,1-4H3,(H,22,24);1H. The minimum Gasteiger partial charge on any atom is -0.477 e. The highest BCUT2D eigenvalue weighted by molar-refractivity contribution is 6.33. The zero-order valence-electron chi connectivity index (χ0n) is 16.0. The van der Waals surface area contributed by atoms with Gasteiger partial charge in [-0.25, -0.2) is 0 Å². The number of rotatable bonds is 5. The number of ether oxygens (including phenoxy) is 2. The topological polar surface area (TPSA) is 76.8 Å². The summed E-state index contributed by atoms with van der Waals surface area (Å²) in [5.74, 6) is 5.78. The maximum atomic E-state index is 12.9. The molecule has 0 bridgehead atoms. The second-order valence-corrected chi connectivity index (χ2v) is 6.84. The van der Waals surface area contributed by atoms with Crippen molar-refractivity contribution in [3.63, 3.8) is 0 Å². The largest absolute Gasteiger partial charge is 0.477 e. The van der Waals surface area contributed by atoms with Gasteiger partial charge in [0.25, 0.3) is 5.91 Å². The highest BCUT2D eigenvalue weighted by Gasteiger charge is 2.30. The smallest absolute Gasteiger partial charge is 0.255 e. The molecule has 6 nitrogen and oxygen atoms in total. The van der Waals surface area contributed by atoms with Crippen molar-refractivity contribution in [2.45, 2.75) is 38.5 Å². The van der Waals surface area contributed by atoms with Gasteiger partial charge >= 0.3 is 0 Å². The van der Waals surface area contributed by atoms with Crippen LogP contribution in [0.25, 0.3) is 0 Å². The summed E-state index contributed by atoms with van der Waals surface area (Å²) in [5.41, 5.74) is 6.56. The van der Waals surface area contributed by atoms with E-state index in [1.807, 2.05) is 7.05 Å². The van der Waals surface area contributed by atoms with Crippen LogP contribution in [0.1, 0.15) is 30.6 Å². The number of nitrogen functional groups attached to an aromatic ring is 1. The average molecular weight is 416 g/mol. The molecule has 1 fully saturated rings. The zero-order valence-corrected chi connectivity index (χ0v) is 17.6. The van der Waals surface area contributed by atoms with Crippen LogP contribution in [0.3, 0.4) is 0 Å². The molecule has 1 aromatic carbocycles. The highest BCUT2D eigenvalue weighted by atomic mass is 35.5. The normalized spacial score (nSPS) is 20.6. The van der Waals surface area contributed by atoms with Gasteiger partial charge in [-0.05, 0) is 39.9 Å². The Morgan fingerprint density at radius 3 is 2.81 bits per heavy atom. The van der Waals surface area contributed by atoms with E-state index in [0.717, 1.165) is 19.5 Å². The second-order valence-electron chi connectivity index (χ2n) is 6.43. The number of nitrogens with one attached hydrogen (secondary N) is 1. The van der Waals surface area contributed by atoms with Gasteiger partial charge in [0, 0.05) is 19.7 Å². The zero-order chi connectivity index (χ0) is 19.3. The van der Waals surface area contributed by atoms with Crippen LogP contribution in [-0.4, -0.2) is 56.3 Å². The average Bonchev–Trinajstić information content (AvgIpc) is 2.59. The minimum absolute atomic E-state index is 0. The number of methoxy groups -OCH3 is 1. The third-order valence-corrected chi connectivity index (χ3v) is 4.70. The number of halogens is 2. The van der Waals surface area contributed by atoms with Crippen LogP contribution in [0, 0.1) is 11.8 Å². The number of carbonyl (C=O) groups excluding carboxylic acids is 1. The first-order chi connectivity index (χ1) is 12.3. The van der Waals surface area contributed by atoms with Crippen LogP contribution in [0.15, 0.2) is 12.1 Å². The van der Waals surface area contributed by atoms with Crippen molar-refractivity contribution in [1.82, 2.24) is 10.2 Å². The number of carbonyl (C=O) groups is 1. The lowest BCUT2D eigenvalue weighted by Gasteiger charge is -2.36. The molecule has 0 radical (unpaired) electrons. The van der Waals surface area contributed by atoms with Crippen molar-refractivity contribution in [3.05, 3.63) is 22.7 Å². The molecular weight excluding hydrogens is 389 g/mol. The number of hydrogen-bond acceptors (Lipinski definition) is 5. The van der Waals surface area contributed by atoms with E-state index in [-0.39, 0.29) is 36.6 Å². The lowest BCUT2D eigenvalue weighted by atomic mass is 10.0. The molecule has 0 spiro atoms. The Morgan fingerprint density at radius 1 is 1.48 bits per heavy atom. The van der Waals surface area contributed by atoms with E-state index in [9.17, 15) is 4.79 Å². The molecule has 3 unspecified atom stereocenters. The van der Waals surface area contributed by atoms with Crippen molar-refractivity contribution in [2.75, 3.05) is 33.0 Å². The summed E-state index contributed by atoms with van der Waals surface area (Å²) < 4.78 is 11.3. The first-order valence-corrected chi connectivity index (χ1v) is 8.93. The molecule has 1 heterocycles. The SMILES string of the molecule is CC#CC(C)Oc1cc(N)c(Cl)cc1C(=O)NC1CCN(C)CC1OC.Cl. The minimum atomic E-state index is -0.373. The summed E-state index contributed by atoms with van der Waals surface area (Å²) in [7, 11) is 3.69. The number of nitrogens with zero attached hydrogens (tertiary/aromatic N) is 1. The molecular formula is C19H27Cl2N3O3. The molecule has 1 saturated heterocycles. The maximum absolute atomic E-state index is 12.9. The van der Waals surface area contributed by atoms with E-state index in [4.69, 9.17) is 26.8 Å². The predicted molar refractivity (Wildman–Crippen MR) is 111 cm³/mol. The van der Waals surface area contributed by atoms with Crippen LogP contribution in [0.5, 0.6) is 5.75 Å².